The summed E-state index contributed by atoms with van der Waals surface area (Å²) in [6.45, 7) is 3.16. The molecular weight excluding hydrogens is 436 g/mol. The van der Waals surface area contributed by atoms with E-state index in [9.17, 15) is 18.4 Å². The molecule has 0 aliphatic carbocycles. The van der Waals surface area contributed by atoms with Crippen molar-refractivity contribution >= 4 is 5.91 Å². The van der Waals surface area contributed by atoms with Gasteiger partial charge in [-0.25, -0.2) is 13.4 Å². The van der Waals surface area contributed by atoms with Gasteiger partial charge < -0.3 is 14.6 Å². The first-order valence-corrected chi connectivity index (χ1v) is 10.4. The van der Waals surface area contributed by atoms with Crippen LogP contribution in [0.2, 0.25) is 0 Å². The molecule has 174 valence electrons. The molecule has 0 saturated carbocycles. The minimum atomic E-state index is -0.512. The number of fused-ring (bicyclic) bond motifs is 1. The van der Waals surface area contributed by atoms with E-state index in [2.05, 4.69) is 20.3 Å². The molecule has 9 nitrogen and oxygen atoms in total. The Labute approximate surface area is 187 Å². The van der Waals surface area contributed by atoms with Gasteiger partial charge in [-0.1, -0.05) is 10.3 Å². The molecular formula is C22H23F2N5O4. The van der Waals surface area contributed by atoms with Gasteiger partial charge in [0.1, 0.15) is 34.3 Å². The van der Waals surface area contributed by atoms with Crippen LogP contribution in [0.25, 0.3) is 0 Å². The highest BCUT2D eigenvalue weighted by Crippen LogP contribution is 2.24. The number of hydrogen-bond acceptors (Lipinski definition) is 7. The Kier molecular flexibility index (Phi) is 6.50. The summed E-state index contributed by atoms with van der Waals surface area (Å²) in [5, 5.41) is 10.2. The van der Waals surface area contributed by atoms with Crippen molar-refractivity contribution in [1.29, 1.82) is 0 Å². The molecule has 1 aliphatic rings. The third-order valence-electron chi connectivity index (χ3n) is 5.70. The van der Waals surface area contributed by atoms with E-state index in [1.54, 1.807) is 6.92 Å². The van der Waals surface area contributed by atoms with Gasteiger partial charge in [-0.3, -0.25) is 14.5 Å². The van der Waals surface area contributed by atoms with Crippen molar-refractivity contribution in [2.45, 2.75) is 33.0 Å². The van der Waals surface area contributed by atoms with Crippen LogP contribution in [0.5, 0.6) is 5.75 Å². The first-order valence-electron chi connectivity index (χ1n) is 10.4. The molecule has 0 spiro atoms. The highest BCUT2D eigenvalue weighted by Gasteiger charge is 2.26. The van der Waals surface area contributed by atoms with Crippen molar-refractivity contribution in [3.05, 3.63) is 74.5 Å². The summed E-state index contributed by atoms with van der Waals surface area (Å²) in [5.74, 6) is -1.26. The molecule has 0 unspecified atom stereocenters. The molecule has 0 bridgehead atoms. The van der Waals surface area contributed by atoms with Crippen molar-refractivity contribution in [2.75, 3.05) is 20.2 Å². The standard InChI is InChI=1S/C22H23F2N5O4/c1-13-17(27-33-26-13)11-25-22(31)21-18-5-6-28(12-14-9-15(23)3-4-16(14)24)7-8-29(18)20(30)10-19(21)32-2/h3-4,9-10H,5-8,11-12H2,1-2H3,(H,25,31). The molecule has 1 amide bonds. The van der Waals surface area contributed by atoms with E-state index in [4.69, 9.17) is 4.74 Å². The summed E-state index contributed by atoms with van der Waals surface area (Å²) in [6.07, 6.45) is 0.344. The zero-order valence-corrected chi connectivity index (χ0v) is 18.2. The topological polar surface area (TPSA) is 102 Å². The molecule has 3 aromatic rings. The summed E-state index contributed by atoms with van der Waals surface area (Å²) in [6, 6.07) is 4.62. The van der Waals surface area contributed by atoms with Gasteiger partial charge in [0.15, 0.2) is 0 Å². The largest absolute Gasteiger partial charge is 0.496 e. The minimum Gasteiger partial charge on any atom is -0.496 e. The maximum Gasteiger partial charge on any atom is 0.257 e. The van der Waals surface area contributed by atoms with Gasteiger partial charge in [0, 0.05) is 49.9 Å². The number of amides is 1. The number of nitrogens with one attached hydrogen (secondary N) is 1. The molecule has 0 radical (unpaired) electrons. The molecule has 0 saturated heterocycles. The summed E-state index contributed by atoms with van der Waals surface area (Å²) in [5.41, 5.74) is 1.77. The van der Waals surface area contributed by atoms with Gasteiger partial charge in [0.05, 0.1) is 13.7 Å². The van der Waals surface area contributed by atoms with Crippen molar-refractivity contribution in [3.63, 3.8) is 0 Å². The number of benzene rings is 1. The second kappa shape index (κ2) is 9.49. The minimum absolute atomic E-state index is 0.0981. The number of carbonyl (C=O) groups is 1. The van der Waals surface area contributed by atoms with Gasteiger partial charge in [0.2, 0.25) is 0 Å². The Hall–Kier alpha value is -3.60. The third kappa shape index (κ3) is 4.77. The molecule has 1 aliphatic heterocycles. The number of halogens is 2. The van der Waals surface area contributed by atoms with Gasteiger partial charge in [-0.2, -0.15) is 0 Å². The fourth-order valence-electron chi connectivity index (χ4n) is 3.92. The maximum atomic E-state index is 14.1. The Balaban J connectivity index is 1.59. The van der Waals surface area contributed by atoms with Crippen molar-refractivity contribution < 1.29 is 22.9 Å². The summed E-state index contributed by atoms with van der Waals surface area (Å²) >= 11 is 0. The predicted octanol–water partition coefficient (Wildman–Crippen LogP) is 1.81. The first-order chi connectivity index (χ1) is 15.9. The van der Waals surface area contributed by atoms with E-state index in [1.807, 2.05) is 4.90 Å². The van der Waals surface area contributed by atoms with Crippen molar-refractivity contribution in [3.8, 4) is 5.75 Å². The smallest absolute Gasteiger partial charge is 0.257 e. The number of methoxy groups -OCH3 is 1. The number of rotatable bonds is 6. The number of pyridine rings is 1. The van der Waals surface area contributed by atoms with Crippen LogP contribution < -0.4 is 15.6 Å². The molecule has 33 heavy (non-hydrogen) atoms. The van der Waals surface area contributed by atoms with E-state index < -0.39 is 17.5 Å². The zero-order valence-electron chi connectivity index (χ0n) is 18.2. The monoisotopic (exact) mass is 459 g/mol. The highest BCUT2D eigenvalue weighted by molar-refractivity contribution is 5.98. The van der Waals surface area contributed by atoms with Gasteiger partial charge >= 0.3 is 0 Å². The van der Waals surface area contributed by atoms with Crippen LogP contribution >= 0.6 is 0 Å². The van der Waals surface area contributed by atoms with E-state index in [0.717, 1.165) is 12.1 Å². The van der Waals surface area contributed by atoms with Crippen LogP contribution in [0, 0.1) is 18.6 Å². The molecule has 0 atom stereocenters. The second-order valence-electron chi connectivity index (χ2n) is 7.77. The molecule has 3 heterocycles. The predicted molar refractivity (Wildman–Crippen MR) is 113 cm³/mol. The molecule has 2 aromatic heterocycles. The van der Waals surface area contributed by atoms with Crippen LogP contribution in [-0.4, -0.2) is 45.9 Å². The van der Waals surface area contributed by atoms with E-state index >= 15 is 0 Å². The van der Waals surface area contributed by atoms with Crippen LogP contribution in [-0.2, 0) is 26.1 Å². The maximum absolute atomic E-state index is 14.1. The molecule has 4 rings (SSSR count). The molecule has 0 fully saturated rings. The van der Waals surface area contributed by atoms with Gasteiger partial charge in [0.25, 0.3) is 11.5 Å². The van der Waals surface area contributed by atoms with Gasteiger partial charge in [-0.15, -0.1) is 0 Å². The lowest BCUT2D eigenvalue weighted by atomic mass is 10.1. The molecule has 1 aromatic carbocycles. The Morgan fingerprint density at radius 2 is 2.03 bits per heavy atom. The van der Waals surface area contributed by atoms with Crippen LogP contribution in [0.1, 0.15) is 33.0 Å². The number of carbonyl (C=O) groups excluding carboxylic acids is 1. The Morgan fingerprint density at radius 3 is 2.76 bits per heavy atom. The number of nitrogens with zero attached hydrogens (tertiary/aromatic N) is 4. The highest BCUT2D eigenvalue weighted by atomic mass is 19.1. The van der Waals surface area contributed by atoms with E-state index in [-0.39, 0.29) is 35.5 Å². The number of ether oxygens (including phenoxy) is 1. The number of aryl methyl sites for hydroxylation is 1. The SMILES string of the molecule is COc1cc(=O)n2c(c1C(=O)NCc1nonc1C)CCN(Cc1cc(F)ccc1F)CC2. The lowest BCUT2D eigenvalue weighted by Gasteiger charge is -2.19. The normalized spacial score (nSPS) is 13.9. The summed E-state index contributed by atoms with van der Waals surface area (Å²) in [4.78, 5) is 27.7. The fourth-order valence-corrected chi connectivity index (χ4v) is 3.92. The van der Waals surface area contributed by atoms with Crippen molar-refractivity contribution in [1.82, 2.24) is 25.1 Å². The van der Waals surface area contributed by atoms with Crippen LogP contribution in [0.15, 0.2) is 33.7 Å². The van der Waals surface area contributed by atoms with E-state index in [0.29, 0.717) is 43.1 Å². The van der Waals surface area contributed by atoms with Crippen molar-refractivity contribution in [2.24, 2.45) is 0 Å². The average Bonchev–Trinajstić information content (AvgIpc) is 3.08. The van der Waals surface area contributed by atoms with E-state index in [1.165, 1.54) is 23.8 Å². The summed E-state index contributed by atoms with van der Waals surface area (Å²) < 4.78 is 39.2. The quantitative estimate of drug-likeness (QED) is 0.600. The molecule has 1 N–H and O–H groups in total. The fraction of sp³-hybridized carbons (Fsp3) is 0.364. The van der Waals surface area contributed by atoms with Crippen LogP contribution in [0.3, 0.4) is 0 Å². The second-order valence-corrected chi connectivity index (χ2v) is 7.77. The Bertz CT molecular complexity index is 1240. The third-order valence-corrected chi connectivity index (χ3v) is 5.70. The lowest BCUT2D eigenvalue weighted by molar-refractivity contribution is 0.0944. The lowest BCUT2D eigenvalue weighted by Crippen LogP contribution is -2.31. The average molecular weight is 459 g/mol. The zero-order chi connectivity index (χ0) is 23.5. The number of aromatic nitrogens is 3. The molecule has 11 heteroatoms. The van der Waals surface area contributed by atoms with Gasteiger partial charge in [-0.05, 0) is 25.1 Å². The summed E-state index contributed by atoms with van der Waals surface area (Å²) in [7, 11) is 1.39. The van der Waals surface area contributed by atoms with Crippen LogP contribution in [0.4, 0.5) is 8.78 Å². The number of hydrogen-bond donors (Lipinski definition) is 1. The Morgan fingerprint density at radius 1 is 1.21 bits per heavy atom. The first kappa shape index (κ1) is 22.6.